The number of nitrogens with one attached hydrogen (secondary N) is 3. The second kappa shape index (κ2) is 7.40. The van der Waals surface area contributed by atoms with E-state index < -0.39 is 0 Å². The van der Waals surface area contributed by atoms with Crippen molar-refractivity contribution in [1.82, 2.24) is 10.6 Å². The molecule has 1 unspecified atom stereocenters. The molecule has 5 heteroatoms. The molecular formula is C17H25N3O2. The van der Waals surface area contributed by atoms with Crippen molar-refractivity contribution in [1.29, 1.82) is 0 Å². The van der Waals surface area contributed by atoms with Crippen molar-refractivity contribution in [3.05, 3.63) is 29.3 Å². The Morgan fingerprint density at radius 1 is 1.27 bits per heavy atom. The van der Waals surface area contributed by atoms with Crippen LogP contribution in [0.4, 0.5) is 5.69 Å². The maximum Gasteiger partial charge on any atom is 0.251 e. The predicted molar refractivity (Wildman–Crippen MR) is 88.1 cm³/mol. The molecule has 0 bridgehead atoms. The number of carbonyl (C=O) groups excluding carboxylic acids is 2. The van der Waals surface area contributed by atoms with Gasteiger partial charge in [-0.05, 0) is 63.9 Å². The van der Waals surface area contributed by atoms with Crippen LogP contribution in [0.3, 0.4) is 0 Å². The van der Waals surface area contributed by atoms with E-state index in [4.69, 9.17) is 0 Å². The van der Waals surface area contributed by atoms with Gasteiger partial charge in [0.05, 0.1) is 6.04 Å². The highest BCUT2D eigenvalue weighted by Crippen LogP contribution is 2.17. The highest BCUT2D eigenvalue weighted by molar-refractivity contribution is 5.98. The summed E-state index contributed by atoms with van der Waals surface area (Å²) < 4.78 is 0. The summed E-state index contributed by atoms with van der Waals surface area (Å²) in [5.74, 6) is -0.0854. The first-order valence-corrected chi connectivity index (χ1v) is 7.93. The number of piperidine rings is 1. The van der Waals surface area contributed by atoms with Gasteiger partial charge in [0.2, 0.25) is 5.91 Å². The summed E-state index contributed by atoms with van der Waals surface area (Å²) in [6, 6.07) is 5.37. The average Bonchev–Trinajstić information content (AvgIpc) is 2.47. The largest absolute Gasteiger partial charge is 0.350 e. The molecule has 1 fully saturated rings. The summed E-state index contributed by atoms with van der Waals surface area (Å²) in [6.45, 7) is 6.63. The molecule has 0 radical (unpaired) electrons. The van der Waals surface area contributed by atoms with Gasteiger partial charge in [-0.3, -0.25) is 9.59 Å². The van der Waals surface area contributed by atoms with E-state index in [1.165, 1.54) is 0 Å². The second-order valence-corrected chi connectivity index (χ2v) is 6.15. The minimum Gasteiger partial charge on any atom is -0.350 e. The summed E-state index contributed by atoms with van der Waals surface area (Å²) in [5.41, 5.74) is 2.23. The zero-order valence-corrected chi connectivity index (χ0v) is 13.5. The number of benzene rings is 1. The van der Waals surface area contributed by atoms with Crippen molar-refractivity contribution < 1.29 is 9.59 Å². The van der Waals surface area contributed by atoms with E-state index in [9.17, 15) is 9.59 Å². The molecule has 0 spiro atoms. The van der Waals surface area contributed by atoms with E-state index in [1.54, 1.807) is 12.1 Å². The summed E-state index contributed by atoms with van der Waals surface area (Å²) in [4.78, 5) is 24.2. The molecule has 0 saturated carbocycles. The van der Waals surface area contributed by atoms with Crippen LogP contribution in [0.5, 0.6) is 0 Å². The third-order valence-electron chi connectivity index (χ3n) is 3.79. The Morgan fingerprint density at radius 3 is 2.64 bits per heavy atom. The molecule has 22 heavy (non-hydrogen) atoms. The SMILES string of the molecule is Cc1cc(NC(=O)C2CCCCN2)ccc1C(=O)NC(C)C. The van der Waals surface area contributed by atoms with Gasteiger partial charge in [0.25, 0.3) is 5.91 Å². The molecule has 3 N–H and O–H groups in total. The van der Waals surface area contributed by atoms with Gasteiger partial charge >= 0.3 is 0 Å². The third-order valence-corrected chi connectivity index (χ3v) is 3.79. The van der Waals surface area contributed by atoms with Crippen LogP contribution in [0, 0.1) is 6.92 Å². The second-order valence-electron chi connectivity index (χ2n) is 6.15. The Balaban J connectivity index is 2.02. The number of aryl methyl sites for hydroxylation is 1. The summed E-state index contributed by atoms with van der Waals surface area (Å²) in [5, 5.41) is 9.03. The van der Waals surface area contributed by atoms with Gasteiger partial charge in [0.1, 0.15) is 0 Å². The van der Waals surface area contributed by atoms with E-state index in [-0.39, 0.29) is 23.9 Å². The number of hydrogen-bond donors (Lipinski definition) is 3. The smallest absolute Gasteiger partial charge is 0.251 e. The quantitative estimate of drug-likeness (QED) is 0.799. The lowest BCUT2D eigenvalue weighted by Gasteiger charge is -2.22. The number of anilines is 1. The van der Waals surface area contributed by atoms with Gasteiger partial charge < -0.3 is 16.0 Å². The molecule has 1 aromatic carbocycles. The summed E-state index contributed by atoms with van der Waals surface area (Å²) in [7, 11) is 0. The molecular weight excluding hydrogens is 278 g/mol. The van der Waals surface area contributed by atoms with Gasteiger partial charge in [0.15, 0.2) is 0 Å². The van der Waals surface area contributed by atoms with Crippen LogP contribution in [0.25, 0.3) is 0 Å². The van der Waals surface area contributed by atoms with Crippen LogP contribution >= 0.6 is 0 Å². The van der Waals surface area contributed by atoms with Gasteiger partial charge in [-0.1, -0.05) is 6.42 Å². The van der Waals surface area contributed by atoms with Gasteiger partial charge in [-0.15, -0.1) is 0 Å². The molecule has 120 valence electrons. The molecule has 1 aromatic rings. The number of amides is 2. The van der Waals surface area contributed by atoms with E-state index >= 15 is 0 Å². The monoisotopic (exact) mass is 303 g/mol. The first kappa shape index (κ1) is 16.5. The zero-order chi connectivity index (χ0) is 16.1. The van der Waals surface area contributed by atoms with Crippen LogP contribution in [-0.4, -0.2) is 30.4 Å². The minimum absolute atomic E-state index is 0.00141. The van der Waals surface area contributed by atoms with E-state index in [2.05, 4.69) is 16.0 Å². The van der Waals surface area contributed by atoms with Gasteiger partial charge in [-0.25, -0.2) is 0 Å². The van der Waals surface area contributed by atoms with Gasteiger partial charge in [0, 0.05) is 17.3 Å². The molecule has 5 nitrogen and oxygen atoms in total. The molecule has 1 aliphatic heterocycles. The molecule has 1 atom stereocenters. The lowest BCUT2D eigenvalue weighted by atomic mass is 10.0. The van der Waals surface area contributed by atoms with Crippen molar-refractivity contribution in [3.8, 4) is 0 Å². The molecule has 0 aromatic heterocycles. The highest BCUT2D eigenvalue weighted by atomic mass is 16.2. The fraction of sp³-hybridized carbons (Fsp3) is 0.529. The number of carbonyl (C=O) groups is 2. The predicted octanol–water partition coefficient (Wildman–Crippen LogP) is 2.21. The Kier molecular flexibility index (Phi) is 5.55. The third kappa shape index (κ3) is 4.31. The molecule has 0 aliphatic carbocycles. The number of hydrogen-bond acceptors (Lipinski definition) is 3. The maximum atomic E-state index is 12.2. The van der Waals surface area contributed by atoms with Crippen LogP contribution in [0.1, 0.15) is 49.0 Å². The Labute approximate surface area is 131 Å². The molecule has 2 rings (SSSR count). The molecule has 1 aliphatic rings. The van der Waals surface area contributed by atoms with Crippen molar-refractivity contribution in [2.45, 2.75) is 52.1 Å². The standard InChI is InChI=1S/C17H25N3O2/c1-11(2)19-16(21)14-8-7-13(10-12(14)3)20-17(22)15-6-4-5-9-18-15/h7-8,10-11,15,18H,4-6,9H2,1-3H3,(H,19,21)(H,20,22). The zero-order valence-electron chi connectivity index (χ0n) is 13.5. The molecule has 1 heterocycles. The van der Waals surface area contributed by atoms with Crippen LogP contribution in [-0.2, 0) is 4.79 Å². The fourth-order valence-corrected chi connectivity index (χ4v) is 2.64. The topological polar surface area (TPSA) is 70.2 Å². The summed E-state index contributed by atoms with van der Waals surface area (Å²) >= 11 is 0. The summed E-state index contributed by atoms with van der Waals surface area (Å²) in [6.07, 6.45) is 3.08. The number of rotatable bonds is 4. The van der Waals surface area contributed by atoms with Crippen LogP contribution in [0.2, 0.25) is 0 Å². The normalized spacial score (nSPS) is 18.1. The van der Waals surface area contributed by atoms with Crippen LogP contribution in [0.15, 0.2) is 18.2 Å². The van der Waals surface area contributed by atoms with E-state index in [0.29, 0.717) is 5.56 Å². The first-order chi connectivity index (χ1) is 10.5. The lowest BCUT2D eigenvalue weighted by Crippen LogP contribution is -2.43. The van der Waals surface area contributed by atoms with Crippen molar-refractivity contribution in [3.63, 3.8) is 0 Å². The van der Waals surface area contributed by atoms with Crippen molar-refractivity contribution >= 4 is 17.5 Å². The van der Waals surface area contributed by atoms with Crippen molar-refractivity contribution in [2.24, 2.45) is 0 Å². The average molecular weight is 303 g/mol. The van der Waals surface area contributed by atoms with Gasteiger partial charge in [-0.2, -0.15) is 0 Å². The molecule has 1 saturated heterocycles. The Hall–Kier alpha value is -1.88. The first-order valence-electron chi connectivity index (χ1n) is 7.93. The van der Waals surface area contributed by atoms with Crippen molar-refractivity contribution in [2.75, 3.05) is 11.9 Å². The Bertz CT molecular complexity index is 549. The van der Waals surface area contributed by atoms with E-state index in [1.807, 2.05) is 26.8 Å². The van der Waals surface area contributed by atoms with Crippen LogP contribution < -0.4 is 16.0 Å². The fourth-order valence-electron chi connectivity index (χ4n) is 2.64. The van der Waals surface area contributed by atoms with E-state index in [0.717, 1.165) is 37.1 Å². The minimum atomic E-state index is -0.113. The Morgan fingerprint density at radius 2 is 2.05 bits per heavy atom. The molecule has 2 amide bonds. The highest BCUT2D eigenvalue weighted by Gasteiger charge is 2.20. The lowest BCUT2D eigenvalue weighted by molar-refractivity contribution is -0.118. The maximum absolute atomic E-state index is 12.2.